The molecule has 0 aromatic heterocycles. The zero-order chi connectivity index (χ0) is 36.9. The van der Waals surface area contributed by atoms with Crippen LogP contribution < -0.4 is 0 Å². The van der Waals surface area contributed by atoms with Crippen LogP contribution in [0.3, 0.4) is 0 Å². The molecule has 0 aromatic carbocycles. The minimum Gasteiger partial charge on any atom is -0.394 e. The fourth-order valence-corrected chi connectivity index (χ4v) is 12.6. The molecule has 0 aromatic rings. The van der Waals surface area contributed by atoms with Gasteiger partial charge < -0.3 is 64.2 Å². The highest BCUT2D eigenvalue weighted by atomic mass is 16.7. The fourth-order valence-electron chi connectivity index (χ4n) is 12.6. The van der Waals surface area contributed by atoms with Crippen LogP contribution in [0.1, 0.15) is 85.5 Å². The highest BCUT2D eigenvalue weighted by Crippen LogP contribution is 2.70. The fraction of sp³-hybridized carbons (Fsp3) is 0.949. The Balaban J connectivity index is 0.938. The van der Waals surface area contributed by atoms with Crippen molar-refractivity contribution in [3.8, 4) is 0 Å². The maximum atomic E-state index is 11.4. The monoisotopic (exact) mass is 738 g/mol. The Morgan fingerprint density at radius 2 is 1.50 bits per heavy atom. The van der Waals surface area contributed by atoms with E-state index in [1.165, 1.54) is 18.4 Å². The maximum Gasteiger partial charge on any atom is 0.187 e. The van der Waals surface area contributed by atoms with Gasteiger partial charge in [-0.3, -0.25) is 0 Å². The summed E-state index contributed by atoms with van der Waals surface area (Å²) < 4.78 is 37.0. The van der Waals surface area contributed by atoms with Crippen LogP contribution in [0.15, 0.2) is 11.6 Å². The minimum atomic E-state index is -1.73. The van der Waals surface area contributed by atoms with Gasteiger partial charge in [-0.2, -0.15) is 0 Å². The third-order valence-corrected chi connectivity index (χ3v) is 15.6. The van der Waals surface area contributed by atoms with Gasteiger partial charge in [-0.05, 0) is 91.8 Å². The molecule has 21 unspecified atom stereocenters. The van der Waals surface area contributed by atoms with Gasteiger partial charge in [0.1, 0.15) is 48.8 Å². The lowest BCUT2D eigenvalue weighted by molar-refractivity contribution is -0.364. The molecule has 296 valence electrons. The van der Waals surface area contributed by atoms with Crippen LogP contribution in [0.4, 0.5) is 0 Å². The van der Waals surface area contributed by atoms with Crippen LogP contribution in [0.25, 0.3) is 0 Å². The van der Waals surface area contributed by atoms with E-state index in [0.29, 0.717) is 41.9 Å². The molecule has 3 saturated carbocycles. The van der Waals surface area contributed by atoms with Crippen LogP contribution in [0.5, 0.6) is 0 Å². The van der Waals surface area contributed by atoms with E-state index in [-0.39, 0.29) is 23.0 Å². The first kappa shape index (κ1) is 38.1. The number of fused-ring (bicyclic) bond motifs is 7. The largest absolute Gasteiger partial charge is 0.394 e. The first-order valence-corrected chi connectivity index (χ1v) is 20.0. The van der Waals surface area contributed by atoms with Gasteiger partial charge in [0.05, 0.1) is 32.0 Å². The van der Waals surface area contributed by atoms with E-state index in [4.69, 9.17) is 28.4 Å². The van der Waals surface area contributed by atoms with Gasteiger partial charge in [-0.1, -0.05) is 39.3 Å². The second kappa shape index (κ2) is 14.0. The molecule has 7 N–H and O–H groups in total. The summed E-state index contributed by atoms with van der Waals surface area (Å²) in [5.74, 6) is 2.88. The van der Waals surface area contributed by atoms with Crippen LogP contribution in [0, 0.1) is 46.3 Å². The van der Waals surface area contributed by atoms with Gasteiger partial charge in [-0.25, -0.2) is 0 Å². The van der Waals surface area contributed by atoms with Crippen LogP contribution >= 0.6 is 0 Å². The van der Waals surface area contributed by atoms with E-state index in [9.17, 15) is 35.7 Å². The lowest BCUT2D eigenvalue weighted by atomic mass is 9.47. The van der Waals surface area contributed by atoms with E-state index in [1.807, 2.05) is 0 Å². The standard InChI is InChI=1S/C39H62O13/c1-18-7-12-39(47-17-18)19(2)28-25(52-39)14-24-22-6-5-20-13-21(8-10-37(20,3)23(22)9-11-38(24,28)4)48-36-33(46)34(30(43)27(16-41)50-36)51-35-32(45)31(44)29(42)26(15-40)49-35/h5,18-19,21-36,40-46H,6-17H2,1-4H3. The summed E-state index contributed by atoms with van der Waals surface area (Å²) in [5.41, 5.74) is 1.67. The smallest absolute Gasteiger partial charge is 0.187 e. The summed E-state index contributed by atoms with van der Waals surface area (Å²) in [6.45, 7) is 9.19. The van der Waals surface area contributed by atoms with E-state index in [2.05, 4.69) is 33.8 Å². The molecule has 0 amide bonds. The normalized spacial score (nSPS) is 57.5. The molecule has 0 bridgehead atoms. The quantitative estimate of drug-likeness (QED) is 0.193. The second-order valence-electron chi connectivity index (χ2n) is 18.3. The maximum absolute atomic E-state index is 11.4. The molecule has 4 saturated heterocycles. The highest BCUT2D eigenvalue weighted by Gasteiger charge is 2.68. The van der Waals surface area contributed by atoms with Crippen LogP contribution in [-0.2, 0) is 28.4 Å². The Morgan fingerprint density at radius 3 is 2.19 bits per heavy atom. The zero-order valence-corrected chi connectivity index (χ0v) is 31.0. The van der Waals surface area contributed by atoms with Crippen molar-refractivity contribution in [3.63, 3.8) is 0 Å². The average molecular weight is 739 g/mol. The predicted molar refractivity (Wildman–Crippen MR) is 183 cm³/mol. The molecule has 52 heavy (non-hydrogen) atoms. The minimum absolute atomic E-state index is 0.0444. The first-order chi connectivity index (χ1) is 24.7. The third kappa shape index (κ3) is 5.90. The Morgan fingerprint density at radius 1 is 0.788 bits per heavy atom. The van der Waals surface area contributed by atoms with E-state index >= 15 is 0 Å². The molecule has 13 nitrogen and oxygen atoms in total. The van der Waals surface area contributed by atoms with Crippen LogP contribution in [0.2, 0.25) is 0 Å². The molecule has 1 spiro atoms. The number of allylic oxidation sites excluding steroid dienone is 1. The van der Waals surface area contributed by atoms with E-state index in [0.717, 1.165) is 45.1 Å². The van der Waals surface area contributed by atoms with Crippen molar-refractivity contribution in [1.29, 1.82) is 0 Å². The van der Waals surface area contributed by atoms with Gasteiger partial charge in [0, 0.05) is 12.3 Å². The Kier molecular flexibility index (Phi) is 10.3. The highest BCUT2D eigenvalue weighted by molar-refractivity contribution is 5.26. The summed E-state index contributed by atoms with van der Waals surface area (Å²) in [7, 11) is 0. The lowest BCUT2D eigenvalue weighted by Crippen LogP contribution is -2.65. The zero-order valence-electron chi connectivity index (χ0n) is 31.0. The summed E-state index contributed by atoms with van der Waals surface area (Å²) in [5, 5.41) is 72.9. The second-order valence-corrected chi connectivity index (χ2v) is 18.3. The number of ether oxygens (including phenoxy) is 6. The molecule has 0 radical (unpaired) electrons. The average Bonchev–Trinajstić information content (AvgIpc) is 3.58. The van der Waals surface area contributed by atoms with Crippen LogP contribution in [-0.4, -0.2) is 135 Å². The van der Waals surface area contributed by atoms with Crippen molar-refractivity contribution in [3.05, 3.63) is 11.6 Å². The SMILES string of the molecule is CC1CCC2(OC1)OC1CC3C4CC=C5CC(OC6OC(CO)C(O)C(OC7OC(CO)C(O)C(O)C7O)C6O)CCC5(C)C4CCC3(C)C1C2C. The van der Waals surface area contributed by atoms with Crippen molar-refractivity contribution in [1.82, 2.24) is 0 Å². The van der Waals surface area contributed by atoms with Gasteiger partial charge in [0.15, 0.2) is 18.4 Å². The molecule has 21 atom stereocenters. The molecule has 8 aliphatic rings. The predicted octanol–water partition coefficient (Wildman–Crippen LogP) is 1.36. The van der Waals surface area contributed by atoms with E-state index < -0.39 is 80.4 Å². The van der Waals surface area contributed by atoms with Crippen molar-refractivity contribution >= 4 is 0 Å². The first-order valence-electron chi connectivity index (χ1n) is 20.0. The molecule has 4 heterocycles. The number of rotatable bonds is 6. The van der Waals surface area contributed by atoms with Gasteiger partial charge >= 0.3 is 0 Å². The molecule has 4 aliphatic carbocycles. The Labute approximate surface area is 306 Å². The topological polar surface area (TPSA) is 197 Å². The molecule has 8 rings (SSSR count). The molecular weight excluding hydrogens is 676 g/mol. The molecular formula is C39H62O13. The van der Waals surface area contributed by atoms with Crippen molar-refractivity contribution in [2.75, 3.05) is 19.8 Å². The van der Waals surface area contributed by atoms with Gasteiger partial charge in [0.2, 0.25) is 0 Å². The molecule has 4 aliphatic heterocycles. The lowest BCUT2D eigenvalue weighted by Gasteiger charge is -2.58. The summed E-state index contributed by atoms with van der Waals surface area (Å²) in [6.07, 6.45) is -3.23. The molecule has 7 fully saturated rings. The van der Waals surface area contributed by atoms with Crippen molar-refractivity contribution in [2.24, 2.45) is 46.3 Å². The Hall–Kier alpha value is -0.780. The summed E-state index contributed by atoms with van der Waals surface area (Å²) >= 11 is 0. The van der Waals surface area contributed by atoms with Gasteiger partial charge in [0.25, 0.3) is 0 Å². The third-order valence-electron chi connectivity index (χ3n) is 15.6. The summed E-state index contributed by atoms with van der Waals surface area (Å²) in [4.78, 5) is 0. The number of aliphatic hydroxyl groups excluding tert-OH is 7. The van der Waals surface area contributed by atoms with Gasteiger partial charge in [-0.15, -0.1) is 0 Å². The number of aliphatic hydroxyl groups is 7. The summed E-state index contributed by atoms with van der Waals surface area (Å²) in [6, 6.07) is 0. The van der Waals surface area contributed by atoms with Crippen molar-refractivity contribution in [2.45, 2.75) is 165 Å². The Bertz CT molecular complexity index is 1320. The number of hydrogen-bond donors (Lipinski definition) is 7. The van der Waals surface area contributed by atoms with E-state index in [1.54, 1.807) is 0 Å². The molecule has 13 heteroatoms. The van der Waals surface area contributed by atoms with Crippen molar-refractivity contribution < 1.29 is 64.2 Å². The number of hydrogen-bond acceptors (Lipinski definition) is 13.